The van der Waals surface area contributed by atoms with Gasteiger partial charge in [-0.1, -0.05) is 0 Å². The molecule has 0 aromatic carbocycles. The Balaban J connectivity index is 1.69. The van der Waals surface area contributed by atoms with Crippen LogP contribution >= 0.6 is 0 Å². The van der Waals surface area contributed by atoms with Crippen molar-refractivity contribution in [3.63, 3.8) is 0 Å². The smallest absolute Gasteiger partial charge is 0.245 e. The predicted octanol–water partition coefficient (Wildman–Crippen LogP) is -0.510. The highest BCUT2D eigenvalue weighted by atomic mass is 16.5. The maximum atomic E-state index is 12.8. The van der Waals surface area contributed by atoms with Gasteiger partial charge in [-0.3, -0.25) is 9.59 Å². The van der Waals surface area contributed by atoms with Gasteiger partial charge in [0.15, 0.2) is 0 Å². The molecular weight excluding hydrogens is 258 g/mol. The average molecular weight is 281 g/mol. The van der Waals surface area contributed by atoms with Crippen LogP contribution in [0, 0.1) is 5.92 Å². The number of morpholine rings is 1. The van der Waals surface area contributed by atoms with Gasteiger partial charge in [0.2, 0.25) is 11.8 Å². The van der Waals surface area contributed by atoms with Gasteiger partial charge in [-0.15, -0.1) is 0 Å². The summed E-state index contributed by atoms with van der Waals surface area (Å²) in [4.78, 5) is 26.6. The zero-order valence-electron chi connectivity index (χ0n) is 11.9. The van der Waals surface area contributed by atoms with E-state index in [0.29, 0.717) is 38.4 Å². The van der Waals surface area contributed by atoms with E-state index in [4.69, 9.17) is 4.74 Å². The highest BCUT2D eigenvalue weighted by Crippen LogP contribution is 2.34. The van der Waals surface area contributed by atoms with E-state index in [1.807, 2.05) is 6.92 Å². The summed E-state index contributed by atoms with van der Waals surface area (Å²) in [5, 5.41) is 6.28. The third kappa shape index (κ3) is 2.42. The van der Waals surface area contributed by atoms with Crippen LogP contribution in [0.3, 0.4) is 0 Å². The lowest BCUT2D eigenvalue weighted by atomic mass is 9.87. The molecule has 3 rings (SSSR count). The third-order valence-corrected chi connectivity index (χ3v) is 4.68. The quantitative estimate of drug-likeness (QED) is 0.731. The number of carbonyl (C=O) groups is 2. The molecular formula is C14H23N3O3. The van der Waals surface area contributed by atoms with Crippen molar-refractivity contribution < 1.29 is 14.3 Å². The number of nitrogens with zero attached hydrogens (tertiary/aromatic N) is 1. The van der Waals surface area contributed by atoms with Crippen molar-refractivity contribution >= 4 is 11.8 Å². The number of fused-ring (bicyclic) bond motifs is 2. The molecule has 0 radical (unpaired) electrons. The normalized spacial score (nSPS) is 36.1. The molecule has 4 unspecified atom stereocenters. The van der Waals surface area contributed by atoms with Gasteiger partial charge in [-0.25, -0.2) is 0 Å². The highest BCUT2D eigenvalue weighted by Gasteiger charge is 2.46. The Morgan fingerprint density at radius 2 is 2.25 bits per heavy atom. The molecule has 6 heteroatoms. The number of amides is 2. The number of ether oxygens (including phenoxy) is 1. The lowest BCUT2D eigenvalue weighted by molar-refractivity contribution is -0.152. The molecule has 0 spiro atoms. The van der Waals surface area contributed by atoms with Gasteiger partial charge in [-0.05, 0) is 26.2 Å². The lowest BCUT2D eigenvalue weighted by Gasteiger charge is -2.37. The van der Waals surface area contributed by atoms with Crippen LogP contribution in [0.1, 0.15) is 26.2 Å². The first-order valence-electron chi connectivity index (χ1n) is 7.62. The number of hydrogen-bond donors (Lipinski definition) is 2. The third-order valence-electron chi connectivity index (χ3n) is 4.68. The lowest BCUT2D eigenvalue weighted by Crippen LogP contribution is -2.58. The minimum atomic E-state index is -0.463. The topological polar surface area (TPSA) is 70.7 Å². The molecule has 2 bridgehead atoms. The summed E-state index contributed by atoms with van der Waals surface area (Å²) in [6, 6.07) is 0.346. The van der Waals surface area contributed by atoms with Crippen LogP contribution in [0.25, 0.3) is 0 Å². The van der Waals surface area contributed by atoms with Crippen molar-refractivity contribution in [2.75, 3.05) is 26.3 Å². The summed E-state index contributed by atoms with van der Waals surface area (Å²) in [6.45, 7) is 3.82. The number of hydrogen-bond acceptors (Lipinski definition) is 4. The second-order valence-electron chi connectivity index (χ2n) is 5.91. The number of likely N-dealkylation sites (N-methyl/N-ethyl adjacent to an activating group) is 1. The van der Waals surface area contributed by atoms with E-state index < -0.39 is 6.04 Å². The monoisotopic (exact) mass is 281 g/mol. The fraction of sp³-hybridized carbons (Fsp3) is 0.857. The van der Waals surface area contributed by atoms with Crippen molar-refractivity contribution in [1.29, 1.82) is 0 Å². The van der Waals surface area contributed by atoms with Crippen LogP contribution in [0.5, 0.6) is 0 Å². The average Bonchev–Trinajstić information content (AvgIpc) is 3.09. The Morgan fingerprint density at radius 1 is 1.40 bits per heavy atom. The molecule has 0 aromatic rings. The van der Waals surface area contributed by atoms with Gasteiger partial charge in [0, 0.05) is 25.2 Å². The number of carbonyl (C=O) groups excluding carboxylic acids is 2. The summed E-state index contributed by atoms with van der Waals surface area (Å²) < 4.78 is 5.38. The van der Waals surface area contributed by atoms with Crippen molar-refractivity contribution in [3.05, 3.63) is 0 Å². The first-order valence-corrected chi connectivity index (χ1v) is 7.62. The van der Waals surface area contributed by atoms with Crippen molar-refractivity contribution in [2.24, 2.45) is 5.92 Å². The fourth-order valence-electron chi connectivity index (χ4n) is 3.69. The van der Waals surface area contributed by atoms with Gasteiger partial charge in [0.25, 0.3) is 0 Å². The first kappa shape index (κ1) is 13.8. The minimum absolute atomic E-state index is 0.0452. The zero-order chi connectivity index (χ0) is 14.1. The molecule has 0 aromatic heterocycles. The van der Waals surface area contributed by atoms with E-state index in [9.17, 15) is 9.59 Å². The minimum Gasteiger partial charge on any atom is -0.377 e. The van der Waals surface area contributed by atoms with Gasteiger partial charge in [-0.2, -0.15) is 0 Å². The number of nitrogens with one attached hydrogen (secondary N) is 2. The standard InChI is InChI=1S/C14H23N3O3/c1-2-15-13(18)12-8-20-6-5-17(12)14(19)10-7-9-3-4-11(10)16-9/h9-12,16H,2-8H2,1H3,(H,15,18). The molecule has 3 heterocycles. The summed E-state index contributed by atoms with van der Waals surface area (Å²) in [7, 11) is 0. The van der Waals surface area contributed by atoms with Crippen LogP contribution in [0.4, 0.5) is 0 Å². The first-order chi connectivity index (χ1) is 9.70. The molecule has 2 N–H and O–H groups in total. The second kappa shape index (κ2) is 5.69. The number of rotatable bonds is 3. The van der Waals surface area contributed by atoms with Crippen LogP contribution in [-0.4, -0.2) is 61.1 Å². The summed E-state index contributed by atoms with van der Waals surface area (Å²) in [5.41, 5.74) is 0. The fourth-order valence-corrected chi connectivity index (χ4v) is 3.69. The van der Waals surface area contributed by atoms with Crippen LogP contribution in [-0.2, 0) is 14.3 Å². The van der Waals surface area contributed by atoms with Gasteiger partial charge in [0.1, 0.15) is 6.04 Å². The molecule has 20 heavy (non-hydrogen) atoms. The largest absolute Gasteiger partial charge is 0.377 e. The Bertz CT molecular complexity index is 401. The molecule has 3 fully saturated rings. The molecule has 0 aliphatic carbocycles. The molecule has 3 aliphatic rings. The SMILES string of the molecule is CCNC(=O)C1COCCN1C(=O)C1CC2CCC1N2. The molecule has 2 amide bonds. The van der Waals surface area contributed by atoms with E-state index in [-0.39, 0.29) is 17.7 Å². The Kier molecular flexibility index (Phi) is 3.94. The zero-order valence-corrected chi connectivity index (χ0v) is 11.9. The molecule has 3 saturated heterocycles. The molecule has 4 atom stereocenters. The van der Waals surface area contributed by atoms with Crippen molar-refractivity contribution in [1.82, 2.24) is 15.5 Å². The second-order valence-corrected chi connectivity index (χ2v) is 5.91. The van der Waals surface area contributed by atoms with Crippen molar-refractivity contribution in [3.8, 4) is 0 Å². The van der Waals surface area contributed by atoms with Gasteiger partial charge < -0.3 is 20.3 Å². The summed E-state index contributed by atoms with van der Waals surface area (Å²) in [6.07, 6.45) is 3.18. The van der Waals surface area contributed by atoms with Crippen LogP contribution in [0.15, 0.2) is 0 Å². The van der Waals surface area contributed by atoms with E-state index in [1.165, 1.54) is 6.42 Å². The molecule has 0 saturated carbocycles. The Hall–Kier alpha value is -1.14. The summed E-state index contributed by atoms with van der Waals surface area (Å²) in [5.74, 6) is 0.0738. The molecule has 112 valence electrons. The van der Waals surface area contributed by atoms with Gasteiger partial charge in [0.05, 0.1) is 19.1 Å². The van der Waals surface area contributed by atoms with Crippen LogP contribution in [0.2, 0.25) is 0 Å². The van der Waals surface area contributed by atoms with Gasteiger partial charge >= 0.3 is 0 Å². The van der Waals surface area contributed by atoms with E-state index in [1.54, 1.807) is 4.90 Å². The predicted molar refractivity (Wildman–Crippen MR) is 73.1 cm³/mol. The van der Waals surface area contributed by atoms with E-state index >= 15 is 0 Å². The van der Waals surface area contributed by atoms with E-state index in [2.05, 4.69) is 10.6 Å². The maximum absolute atomic E-state index is 12.8. The van der Waals surface area contributed by atoms with Crippen LogP contribution < -0.4 is 10.6 Å². The van der Waals surface area contributed by atoms with Crippen molar-refractivity contribution in [2.45, 2.75) is 44.3 Å². The molecule has 3 aliphatic heterocycles. The Morgan fingerprint density at radius 3 is 2.90 bits per heavy atom. The molecule has 6 nitrogen and oxygen atoms in total. The highest BCUT2D eigenvalue weighted by molar-refractivity contribution is 5.89. The maximum Gasteiger partial charge on any atom is 0.245 e. The summed E-state index contributed by atoms with van der Waals surface area (Å²) >= 11 is 0. The van der Waals surface area contributed by atoms with E-state index in [0.717, 1.165) is 12.8 Å². The Labute approximate surface area is 119 Å².